The zero-order valence-electron chi connectivity index (χ0n) is 12.0. The van der Waals surface area contributed by atoms with Crippen molar-refractivity contribution in [2.45, 2.75) is 45.2 Å². The summed E-state index contributed by atoms with van der Waals surface area (Å²) in [6.45, 7) is 5.76. The molecule has 106 valence electrons. The minimum absolute atomic E-state index is 0.662. The van der Waals surface area contributed by atoms with Crippen LogP contribution in [0.15, 0.2) is 24.3 Å². The summed E-state index contributed by atoms with van der Waals surface area (Å²) in [6.07, 6.45) is 5.07. The minimum atomic E-state index is 0.662. The van der Waals surface area contributed by atoms with Gasteiger partial charge in [0.25, 0.3) is 0 Å². The van der Waals surface area contributed by atoms with E-state index in [4.69, 9.17) is 10.5 Å². The predicted molar refractivity (Wildman–Crippen MR) is 79.3 cm³/mol. The summed E-state index contributed by atoms with van der Waals surface area (Å²) >= 11 is 0. The molecule has 0 saturated carbocycles. The lowest BCUT2D eigenvalue weighted by Gasteiger charge is -2.35. The van der Waals surface area contributed by atoms with E-state index in [0.717, 1.165) is 31.9 Å². The van der Waals surface area contributed by atoms with Crippen molar-refractivity contribution in [2.24, 2.45) is 5.73 Å². The van der Waals surface area contributed by atoms with Crippen molar-refractivity contribution in [3.8, 4) is 5.75 Å². The molecule has 0 amide bonds. The van der Waals surface area contributed by atoms with E-state index in [9.17, 15) is 0 Å². The first-order valence-electron chi connectivity index (χ1n) is 7.49. The van der Waals surface area contributed by atoms with E-state index < -0.39 is 0 Å². The summed E-state index contributed by atoms with van der Waals surface area (Å²) in [6, 6.07) is 9.13. The fourth-order valence-corrected chi connectivity index (χ4v) is 2.92. The Kier molecular flexibility index (Phi) is 5.67. The molecule has 1 atom stereocenters. The van der Waals surface area contributed by atoms with Crippen LogP contribution in [-0.4, -0.2) is 30.6 Å². The standard InChI is InChI=1S/C16H26N2O/c1-2-19-16-8-5-6-14(12-16)13-18-11-4-3-7-15(18)9-10-17/h5-6,8,12,15H,2-4,7,9-11,13,17H2,1H3. The largest absolute Gasteiger partial charge is 0.494 e. The molecule has 1 unspecified atom stereocenters. The second-order valence-corrected chi connectivity index (χ2v) is 5.28. The normalized spacial score (nSPS) is 20.4. The number of likely N-dealkylation sites (tertiary alicyclic amines) is 1. The van der Waals surface area contributed by atoms with Crippen LogP contribution < -0.4 is 10.5 Å². The Morgan fingerprint density at radius 1 is 1.37 bits per heavy atom. The van der Waals surface area contributed by atoms with E-state index in [0.29, 0.717) is 6.04 Å². The van der Waals surface area contributed by atoms with Gasteiger partial charge in [-0.15, -0.1) is 0 Å². The molecule has 0 spiro atoms. The zero-order chi connectivity index (χ0) is 13.5. The summed E-state index contributed by atoms with van der Waals surface area (Å²) in [5, 5.41) is 0. The van der Waals surface area contributed by atoms with Gasteiger partial charge >= 0.3 is 0 Å². The van der Waals surface area contributed by atoms with Crippen LogP contribution >= 0.6 is 0 Å². The van der Waals surface area contributed by atoms with Crippen LogP contribution in [0.2, 0.25) is 0 Å². The highest BCUT2D eigenvalue weighted by Gasteiger charge is 2.21. The number of nitrogens with zero attached hydrogens (tertiary/aromatic N) is 1. The van der Waals surface area contributed by atoms with E-state index in [1.54, 1.807) is 0 Å². The summed E-state index contributed by atoms with van der Waals surface area (Å²) in [4.78, 5) is 2.58. The quantitative estimate of drug-likeness (QED) is 0.856. The maximum absolute atomic E-state index is 5.73. The second-order valence-electron chi connectivity index (χ2n) is 5.28. The van der Waals surface area contributed by atoms with Gasteiger partial charge in [0, 0.05) is 12.6 Å². The third kappa shape index (κ3) is 4.22. The molecular weight excluding hydrogens is 236 g/mol. The summed E-state index contributed by atoms with van der Waals surface area (Å²) in [5.41, 5.74) is 7.07. The van der Waals surface area contributed by atoms with Crippen LogP contribution in [0.5, 0.6) is 5.75 Å². The number of rotatable bonds is 6. The molecule has 0 radical (unpaired) electrons. The first-order chi connectivity index (χ1) is 9.33. The van der Waals surface area contributed by atoms with Gasteiger partial charge in [0.05, 0.1) is 6.61 Å². The molecule has 1 heterocycles. The van der Waals surface area contributed by atoms with Crippen molar-refractivity contribution in [3.63, 3.8) is 0 Å². The van der Waals surface area contributed by atoms with Gasteiger partial charge in [-0.25, -0.2) is 0 Å². The average molecular weight is 262 g/mol. The number of benzene rings is 1. The summed E-state index contributed by atoms with van der Waals surface area (Å²) in [5.74, 6) is 0.979. The van der Waals surface area contributed by atoms with Crippen molar-refractivity contribution in [3.05, 3.63) is 29.8 Å². The van der Waals surface area contributed by atoms with E-state index in [1.165, 1.54) is 31.4 Å². The molecule has 3 heteroatoms. The highest BCUT2D eigenvalue weighted by atomic mass is 16.5. The molecule has 1 aliphatic rings. The zero-order valence-corrected chi connectivity index (χ0v) is 12.0. The molecule has 1 aliphatic heterocycles. The minimum Gasteiger partial charge on any atom is -0.494 e. The third-order valence-electron chi connectivity index (χ3n) is 3.84. The van der Waals surface area contributed by atoms with Crippen LogP contribution in [0.1, 0.15) is 38.2 Å². The lowest BCUT2D eigenvalue weighted by molar-refractivity contribution is 0.134. The number of hydrogen-bond donors (Lipinski definition) is 1. The van der Waals surface area contributed by atoms with E-state index in [-0.39, 0.29) is 0 Å². The number of ether oxygens (including phenoxy) is 1. The van der Waals surface area contributed by atoms with E-state index in [1.807, 2.05) is 13.0 Å². The molecule has 1 aromatic carbocycles. The Morgan fingerprint density at radius 3 is 3.05 bits per heavy atom. The van der Waals surface area contributed by atoms with Crippen LogP contribution in [0.25, 0.3) is 0 Å². The topological polar surface area (TPSA) is 38.5 Å². The van der Waals surface area contributed by atoms with Crippen molar-refractivity contribution < 1.29 is 4.74 Å². The molecule has 3 nitrogen and oxygen atoms in total. The van der Waals surface area contributed by atoms with Gasteiger partial charge in [-0.1, -0.05) is 18.6 Å². The van der Waals surface area contributed by atoms with Crippen molar-refractivity contribution in [1.82, 2.24) is 4.90 Å². The molecule has 0 aliphatic carbocycles. The van der Waals surface area contributed by atoms with E-state index in [2.05, 4.69) is 23.1 Å². The lowest BCUT2D eigenvalue weighted by atomic mass is 9.98. The number of piperidine rings is 1. The Bertz CT molecular complexity index is 379. The Labute approximate surface area is 116 Å². The average Bonchev–Trinajstić information content (AvgIpc) is 2.42. The smallest absolute Gasteiger partial charge is 0.119 e. The Morgan fingerprint density at radius 2 is 2.26 bits per heavy atom. The second kappa shape index (κ2) is 7.51. The Hall–Kier alpha value is -1.06. The first-order valence-corrected chi connectivity index (χ1v) is 7.49. The van der Waals surface area contributed by atoms with Crippen LogP contribution in [0, 0.1) is 0 Å². The fraction of sp³-hybridized carbons (Fsp3) is 0.625. The van der Waals surface area contributed by atoms with Gasteiger partial charge < -0.3 is 10.5 Å². The SMILES string of the molecule is CCOc1cccc(CN2CCCCC2CCN)c1. The van der Waals surface area contributed by atoms with Gasteiger partial charge in [0.2, 0.25) is 0 Å². The molecular formula is C16H26N2O. The molecule has 0 aromatic heterocycles. The maximum Gasteiger partial charge on any atom is 0.119 e. The van der Waals surface area contributed by atoms with E-state index >= 15 is 0 Å². The molecule has 2 rings (SSSR count). The van der Waals surface area contributed by atoms with Crippen LogP contribution in [-0.2, 0) is 6.54 Å². The molecule has 2 N–H and O–H groups in total. The molecule has 1 saturated heterocycles. The molecule has 1 fully saturated rings. The summed E-state index contributed by atoms with van der Waals surface area (Å²) in [7, 11) is 0. The lowest BCUT2D eigenvalue weighted by Crippen LogP contribution is -2.40. The number of hydrogen-bond acceptors (Lipinski definition) is 3. The molecule has 19 heavy (non-hydrogen) atoms. The van der Waals surface area contributed by atoms with Crippen LogP contribution in [0.3, 0.4) is 0 Å². The van der Waals surface area contributed by atoms with Gasteiger partial charge in [-0.3, -0.25) is 4.90 Å². The third-order valence-corrected chi connectivity index (χ3v) is 3.84. The van der Waals surface area contributed by atoms with Gasteiger partial charge in [-0.2, -0.15) is 0 Å². The van der Waals surface area contributed by atoms with Gasteiger partial charge in [-0.05, 0) is 57.0 Å². The van der Waals surface area contributed by atoms with Crippen molar-refractivity contribution in [2.75, 3.05) is 19.7 Å². The first kappa shape index (κ1) is 14.4. The number of nitrogens with two attached hydrogens (primary N) is 1. The van der Waals surface area contributed by atoms with Gasteiger partial charge in [0.15, 0.2) is 0 Å². The monoisotopic (exact) mass is 262 g/mol. The van der Waals surface area contributed by atoms with Crippen molar-refractivity contribution in [1.29, 1.82) is 0 Å². The van der Waals surface area contributed by atoms with Crippen LogP contribution in [0.4, 0.5) is 0 Å². The van der Waals surface area contributed by atoms with Crippen molar-refractivity contribution >= 4 is 0 Å². The summed E-state index contributed by atoms with van der Waals surface area (Å²) < 4.78 is 5.57. The predicted octanol–water partition coefficient (Wildman–Crippen LogP) is 2.79. The van der Waals surface area contributed by atoms with Gasteiger partial charge in [0.1, 0.15) is 5.75 Å². The molecule has 1 aromatic rings. The molecule has 0 bridgehead atoms. The highest BCUT2D eigenvalue weighted by molar-refractivity contribution is 5.28. The highest BCUT2D eigenvalue weighted by Crippen LogP contribution is 2.23. The Balaban J connectivity index is 1.99. The fourth-order valence-electron chi connectivity index (χ4n) is 2.92. The maximum atomic E-state index is 5.73.